The Labute approximate surface area is 110 Å². The molecule has 19 heavy (non-hydrogen) atoms. The zero-order valence-corrected chi connectivity index (χ0v) is 10.1. The van der Waals surface area contributed by atoms with E-state index in [1.807, 2.05) is 0 Å². The summed E-state index contributed by atoms with van der Waals surface area (Å²) < 4.78 is 37.1. The molecule has 106 valence electrons. The molecule has 0 aliphatic rings. The standard InChI is InChI=1S/C10H10ClF3N2O3/c11-5-1-4(10(12,13)14)3-16-8(5)9(19)6(17)2-7(15)18/h1,3,6,9,17,19H,2H2,(H2,15,18). The van der Waals surface area contributed by atoms with Crippen molar-refractivity contribution in [1.29, 1.82) is 0 Å². The number of rotatable bonds is 4. The number of nitrogens with zero attached hydrogens (tertiary/aromatic N) is 1. The van der Waals surface area contributed by atoms with E-state index >= 15 is 0 Å². The maximum atomic E-state index is 12.4. The Morgan fingerprint density at radius 2 is 2.05 bits per heavy atom. The van der Waals surface area contributed by atoms with Crippen LogP contribution in [0.4, 0.5) is 13.2 Å². The van der Waals surface area contributed by atoms with Gasteiger partial charge in [-0.2, -0.15) is 13.2 Å². The number of halogens is 4. The lowest BCUT2D eigenvalue weighted by molar-refractivity contribution is -0.137. The number of nitrogens with two attached hydrogens (primary N) is 1. The minimum Gasteiger partial charge on any atom is -0.389 e. The van der Waals surface area contributed by atoms with Gasteiger partial charge in [0.25, 0.3) is 0 Å². The van der Waals surface area contributed by atoms with Crippen LogP contribution < -0.4 is 5.73 Å². The Hall–Kier alpha value is -1.38. The van der Waals surface area contributed by atoms with Crippen molar-refractivity contribution >= 4 is 17.5 Å². The number of aromatic nitrogens is 1. The number of aliphatic hydroxyl groups is 2. The van der Waals surface area contributed by atoms with Crippen molar-refractivity contribution in [2.24, 2.45) is 5.73 Å². The van der Waals surface area contributed by atoms with Crippen molar-refractivity contribution in [2.45, 2.75) is 24.8 Å². The molecule has 0 aromatic carbocycles. The molecule has 0 aliphatic heterocycles. The van der Waals surface area contributed by atoms with Crippen LogP contribution in [0.2, 0.25) is 5.02 Å². The topological polar surface area (TPSA) is 96.4 Å². The molecule has 0 fully saturated rings. The smallest absolute Gasteiger partial charge is 0.389 e. The van der Waals surface area contributed by atoms with Crippen molar-refractivity contribution in [3.8, 4) is 0 Å². The second-order valence-electron chi connectivity index (χ2n) is 3.77. The average Bonchev–Trinajstić information content (AvgIpc) is 2.25. The Kier molecular flexibility index (Phi) is 4.72. The van der Waals surface area contributed by atoms with E-state index in [4.69, 9.17) is 17.3 Å². The molecule has 0 bridgehead atoms. The number of alkyl halides is 3. The van der Waals surface area contributed by atoms with Gasteiger partial charge in [0.05, 0.1) is 28.8 Å². The summed E-state index contributed by atoms with van der Waals surface area (Å²) in [5, 5.41) is 18.6. The quantitative estimate of drug-likeness (QED) is 0.773. The third kappa shape index (κ3) is 4.05. The summed E-state index contributed by atoms with van der Waals surface area (Å²) in [4.78, 5) is 13.9. The van der Waals surface area contributed by atoms with Crippen LogP contribution in [0, 0.1) is 0 Å². The lowest BCUT2D eigenvalue weighted by atomic mass is 10.1. The lowest BCUT2D eigenvalue weighted by Gasteiger charge is -2.17. The van der Waals surface area contributed by atoms with Gasteiger partial charge in [-0.3, -0.25) is 9.78 Å². The van der Waals surface area contributed by atoms with E-state index < -0.39 is 41.3 Å². The largest absolute Gasteiger partial charge is 0.417 e. The zero-order valence-electron chi connectivity index (χ0n) is 9.36. The molecule has 1 aromatic heterocycles. The molecule has 9 heteroatoms. The van der Waals surface area contributed by atoms with Crippen molar-refractivity contribution in [2.75, 3.05) is 0 Å². The van der Waals surface area contributed by atoms with Crippen LogP contribution in [0.15, 0.2) is 12.3 Å². The fraction of sp³-hybridized carbons (Fsp3) is 0.400. The Morgan fingerprint density at radius 1 is 1.47 bits per heavy atom. The van der Waals surface area contributed by atoms with Gasteiger partial charge in [0, 0.05) is 6.20 Å². The highest BCUT2D eigenvalue weighted by molar-refractivity contribution is 6.31. The molecule has 0 aliphatic carbocycles. The first-order valence-corrected chi connectivity index (χ1v) is 5.37. The molecular formula is C10H10ClF3N2O3. The van der Waals surface area contributed by atoms with Gasteiger partial charge in [-0.05, 0) is 6.07 Å². The monoisotopic (exact) mass is 298 g/mol. The highest BCUT2D eigenvalue weighted by Crippen LogP contribution is 2.33. The molecule has 0 saturated carbocycles. The lowest BCUT2D eigenvalue weighted by Crippen LogP contribution is -2.26. The SMILES string of the molecule is NC(=O)CC(O)C(O)c1ncc(C(F)(F)F)cc1Cl. The number of amides is 1. The van der Waals surface area contributed by atoms with E-state index in [1.54, 1.807) is 0 Å². The molecule has 2 atom stereocenters. The van der Waals surface area contributed by atoms with Crippen molar-refractivity contribution in [3.05, 3.63) is 28.5 Å². The fourth-order valence-corrected chi connectivity index (χ4v) is 1.60. The first kappa shape index (κ1) is 15.7. The number of hydrogen-bond acceptors (Lipinski definition) is 4. The van der Waals surface area contributed by atoms with Gasteiger partial charge in [-0.15, -0.1) is 0 Å². The minimum atomic E-state index is -4.62. The van der Waals surface area contributed by atoms with Crippen molar-refractivity contribution < 1.29 is 28.2 Å². The highest BCUT2D eigenvalue weighted by Gasteiger charge is 2.33. The number of pyridine rings is 1. The van der Waals surface area contributed by atoms with Crippen LogP contribution in [0.1, 0.15) is 23.8 Å². The van der Waals surface area contributed by atoms with Gasteiger partial charge in [0.15, 0.2) is 0 Å². The predicted octanol–water partition coefficient (Wildman–Crippen LogP) is 1.02. The maximum Gasteiger partial charge on any atom is 0.417 e. The molecule has 1 heterocycles. The van der Waals surface area contributed by atoms with Gasteiger partial charge in [-0.25, -0.2) is 0 Å². The molecule has 2 unspecified atom stereocenters. The molecule has 1 amide bonds. The van der Waals surface area contributed by atoms with Crippen LogP contribution in [0.25, 0.3) is 0 Å². The second-order valence-corrected chi connectivity index (χ2v) is 4.18. The summed E-state index contributed by atoms with van der Waals surface area (Å²) >= 11 is 5.56. The molecule has 1 aromatic rings. The minimum absolute atomic E-state index is 0.358. The summed E-state index contributed by atoms with van der Waals surface area (Å²) in [5.41, 5.74) is 3.37. The summed E-state index contributed by atoms with van der Waals surface area (Å²) in [5.74, 6) is -0.880. The molecule has 1 rings (SSSR count). The number of hydrogen-bond donors (Lipinski definition) is 3. The summed E-state index contributed by atoms with van der Waals surface area (Å²) in [7, 11) is 0. The maximum absolute atomic E-state index is 12.4. The third-order valence-electron chi connectivity index (χ3n) is 2.25. The second kappa shape index (κ2) is 5.72. The fourth-order valence-electron chi connectivity index (χ4n) is 1.32. The molecular weight excluding hydrogens is 289 g/mol. The normalized spacial score (nSPS) is 15.1. The number of aliphatic hydroxyl groups excluding tert-OH is 2. The third-order valence-corrected chi connectivity index (χ3v) is 2.55. The van der Waals surface area contributed by atoms with Crippen LogP contribution in [-0.2, 0) is 11.0 Å². The molecule has 5 nitrogen and oxygen atoms in total. The van der Waals surface area contributed by atoms with Crippen LogP contribution in [0.5, 0.6) is 0 Å². The van der Waals surface area contributed by atoms with E-state index in [2.05, 4.69) is 4.98 Å². The summed E-state index contributed by atoms with van der Waals surface area (Å²) in [6, 6.07) is 0.574. The van der Waals surface area contributed by atoms with E-state index in [-0.39, 0.29) is 5.69 Å². The van der Waals surface area contributed by atoms with Crippen LogP contribution in [-0.4, -0.2) is 27.2 Å². The number of primary amides is 1. The average molecular weight is 299 g/mol. The summed E-state index contributed by atoms with van der Waals surface area (Å²) in [6.07, 6.45) is -8.02. The molecule has 0 spiro atoms. The van der Waals surface area contributed by atoms with E-state index in [0.717, 1.165) is 0 Å². The molecule has 0 saturated heterocycles. The Bertz CT molecular complexity index is 482. The van der Waals surface area contributed by atoms with Gasteiger partial charge < -0.3 is 15.9 Å². The Morgan fingerprint density at radius 3 is 2.47 bits per heavy atom. The number of carbonyl (C=O) groups excluding carboxylic acids is 1. The first-order chi connectivity index (χ1) is 8.62. The van der Waals surface area contributed by atoms with Crippen molar-refractivity contribution in [3.63, 3.8) is 0 Å². The van der Waals surface area contributed by atoms with E-state index in [1.165, 1.54) is 0 Å². The van der Waals surface area contributed by atoms with Gasteiger partial charge in [-0.1, -0.05) is 11.6 Å². The zero-order chi connectivity index (χ0) is 14.8. The first-order valence-electron chi connectivity index (χ1n) is 5.00. The van der Waals surface area contributed by atoms with Crippen molar-refractivity contribution in [1.82, 2.24) is 4.98 Å². The summed E-state index contributed by atoms with van der Waals surface area (Å²) in [6.45, 7) is 0. The Balaban J connectivity index is 2.99. The van der Waals surface area contributed by atoms with Gasteiger partial charge >= 0.3 is 6.18 Å². The van der Waals surface area contributed by atoms with Gasteiger partial charge in [0.2, 0.25) is 5.91 Å². The van der Waals surface area contributed by atoms with Crippen LogP contribution >= 0.6 is 11.6 Å². The van der Waals surface area contributed by atoms with E-state index in [0.29, 0.717) is 12.3 Å². The molecule has 4 N–H and O–H groups in total. The van der Waals surface area contributed by atoms with E-state index in [9.17, 15) is 28.2 Å². The number of carbonyl (C=O) groups is 1. The molecule has 0 radical (unpaired) electrons. The highest BCUT2D eigenvalue weighted by atomic mass is 35.5. The predicted molar refractivity (Wildman–Crippen MR) is 59.0 cm³/mol. The van der Waals surface area contributed by atoms with Gasteiger partial charge in [0.1, 0.15) is 6.10 Å². The van der Waals surface area contributed by atoms with Crippen LogP contribution in [0.3, 0.4) is 0 Å².